The molecule has 1 heterocycles. The van der Waals surface area contributed by atoms with E-state index < -0.39 is 10.0 Å². The van der Waals surface area contributed by atoms with Gasteiger partial charge in [0.15, 0.2) is 5.96 Å². The van der Waals surface area contributed by atoms with Gasteiger partial charge in [0.1, 0.15) is 5.76 Å². The van der Waals surface area contributed by atoms with Gasteiger partial charge in [0.2, 0.25) is 10.0 Å². The van der Waals surface area contributed by atoms with Crippen LogP contribution in [0.25, 0.3) is 0 Å². The summed E-state index contributed by atoms with van der Waals surface area (Å²) in [7, 11) is -3.32. The van der Waals surface area contributed by atoms with E-state index in [0.717, 1.165) is 23.4 Å². The van der Waals surface area contributed by atoms with Crippen LogP contribution in [0.15, 0.2) is 52.1 Å². The summed E-state index contributed by atoms with van der Waals surface area (Å²) < 4.78 is 31.9. The van der Waals surface area contributed by atoms with Crippen LogP contribution >= 0.6 is 0 Å². The van der Waals surface area contributed by atoms with Gasteiger partial charge in [-0.15, -0.1) is 0 Å². The molecule has 1 aromatic heterocycles. The van der Waals surface area contributed by atoms with Crippen LogP contribution in [0.5, 0.6) is 0 Å². The van der Waals surface area contributed by atoms with Crippen molar-refractivity contribution < 1.29 is 12.8 Å². The molecule has 0 radical (unpaired) electrons. The predicted octanol–water partition coefficient (Wildman–Crippen LogP) is 2.36. The number of sulfonamides is 1. The highest BCUT2D eigenvalue weighted by molar-refractivity contribution is 7.88. The van der Waals surface area contributed by atoms with Crippen molar-refractivity contribution in [2.45, 2.75) is 45.7 Å². The summed E-state index contributed by atoms with van der Waals surface area (Å²) in [4.78, 5) is 4.55. The van der Waals surface area contributed by atoms with E-state index in [1.807, 2.05) is 43.3 Å². The first-order chi connectivity index (χ1) is 12.9. The van der Waals surface area contributed by atoms with E-state index in [1.54, 1.807) is 20.1 Å². The zero-order chi connectivity index (χ0) is 19.7. The Morgan fingerprint density at radius 2 is 1.81 bits per heavy atom. The van der Waals surface area contributed by atoms with Gasteiger partial charge in [-0.25, -0.2) is 18.1 Å². The number of hydrogen-bond donors (Lipinski definition) is 3. The van der Waals surface area contributed by atoms with Crippen LogP contribution in [-0.2, 0) is 28.9 Å². The molecule has 0 aliphatic heterocycles. The zero-order valence-electron chi connectivity index (χ0n) is 16.0. The van der Waals surface area contributed by atoms with Crippen molar-refractivity contribution in [1.82, 2.24) is 15.4 Å². The minimum atomic E-state index is -3.32. The van der Waals surface area contributed by atoms with Crippen LogP contribution in [0.1, 0.15) is 37.7 Å². The molecule has 148 valence electrons. The van der Waals surface area contributed by atoms with Crippen molar-refractivity contribution in [3.63, 3.8) is 0 Å². The number of rotatable bonds is 9. The maximum atomic E-state index is 12.0. The number of aliphatic imine (C=N–C) groups is 1. The van der Waals surface area contributed by atoms with Crippen LogP contribution in [0.3, 0.4) is 0 Å². The molecule has 3 N–H and O–H groups in total. The Hall–Kier alpha value is -2.32. The average molecular weight is 393 g/mol. The molecule has 0 atom stereocenters. The molecule has 0 aliphatic rings. The molecule has 0 spiro atoms. The summed E-state index contributed by atoms with van der Waals surface area (Å²) in [5, 5.41) is 6.40. The van der Waals surface area contributed by atoms with E-state index in [9.17, 15) is 8.42 Å². The standard InChI is InChI=1S/C19H28N4O3S/c1-4-20-19(22-13-18-6-5-11-26-18)21-12-16-7-9-17(10-8-16)14-27(24,25)23-15(2)3/h5-11,15,23H,4,12-14H2,1-3H3,(H2,20,21,22). The van der Waals surface area contributed by atoms with Crippen molar-refractivity contribution in [3.8, 4) is 0 Å². The Morgan fingerprint density at radius 3 is 2.41 bits per heavy atom. The highest BCUT2D eigenvalue weighted by Gasteiger charge is 2.12. The van der Waals surface area contributed by atoms with E-state index in [1.165, 1.54) is 0 Å². The molecule has 0 saturated heterocycles. The Morgan fingerprint density at radius 1 is 1.11 bits per heavy atom. The fourth-order valence-electron chi connectivity index (χ4n) is 2.46. The summed E-state index contributed by atoms with van der Waals surface area (Å²) >= 11 is 0. The molecule has 0 aliphatic carbocycles. The van der Waals surface area contributed by atoms with Gasteiger partial charge in [0.25, 0.3) is 0 Å². The number of hydrogen-bond acceptors (Lipinski definition) is 4. The summed E-state index contributed by atoms with van der Waals surface area (Å²) in [6.45, 7) is 7.42. The largest absolute Gasteiger partial charge is 0.467 e. The third kappa shape index (κ3) is 7.84. The smallest absolute Gasteiger partial charge is 0.216 e. The second-order valence-corrected chi connectivity index (χ2v) is 8.23. The van der Waals surface area contributed by atoms with Crippen LogP contribution < -0.4 is 15.4 Å². The molecule has 8 heteroatoms. The molecule has 2 aromatic rings. The quantitative estimate of drug-likeness (QED) is 0.450. The SMILES string of the molecule is CCNC(=NCc1ccc(CS(=O)(=O)NC(C)C)cc1)NCc1ccco1. The number of nitrogens with zero attached hydrogens (tertiary/aromatic N) is 1. The third-order valence-electron chi connectivity index (χ3n) is 3.57. The van der Waals surface area contributed by atoms with Gasteiger partial charge in [-0.1, -0.05) is 24.3 Å². The molecular formula is C19H28N4O3S. The monoisotopic (exact) mass is 392 g/mol. The summed E-state index contributed by atoms with van der Waals surface area (Å²) in [6.07, 6.45) is 1.64. The number of nitrogens with one attached hydrogen (secondary N) is 3. The Balaban J connectivity index is 1.93. The molecule has 0 amide bonds. The molecular weight excluding hydrogens is 364 g/mol. The Labute approximate surface area is 161 Å². The van der Waals surface area contributed by atoms with Crippen molar-refractivity contribution >= 4 is 16.0 Å². The van der Waals surface area contributed by atoms with Crippen LogP contribution in [0.2, 0.25) is 0 Å². The molecule has 0 unspecified atom stereocenters. The van der Waals surface area contributed by atoms with Crippen molar-refractivity contribution in [2.75, 3.05) is 6.54 Å². The second-order valence-electron chi connectivity index (χ2n) is 6.48. The topological polar surface area (TPSA) is 95.7 Å². The van der Waals surface area contributed by atoms with Crippen molar-refractivity contribution in [1.29, 1.82) is 0 Å². The first kappa shape index (κ1) is 21.0. The van der Waals surface area contributed by atoms with Crippen molar-refractivity contribution in [2.24, 2.45) is 4.99 Å². The lowest BCUT2D eigenvalue weighted by Gasteiger charge is -2.11. The van der Waals surface area contributed by atoms with Crippen molar-refractivity contribution in [3.05, 3.63) is 59.5 Å². The normalized spacial score (nSPS) is 12.4. The Kier molecular flexibility index (Phi) is 7.87. The highest BCUT2D eigenvalue weighted by atomic mass is 32.2. The van der Waals surface area contributed by atoms with Crippen LogP contribution in [0.4, 0.5) is 0 Å². The van der Waals surface area contributed by atoms with Gasteiger partial charge in [0, 0.05) is 12.6 Å². The maximum Gasteiger partial charge on any atom is 0.216 e. The van der Waals surface area contributed by atoms with Gasteiger partial charge in [-0.05, 0) is 44.0 Å². The Bertz CT molecular complexity index is 813. The van der Waals surface area contributed by atoms with Gasteiger partial charge in [0.05, 0.1) is 25.1 Å². The average Bonchev–Trinajstić information content (AvgIpc) is 3.10. The fraction of sp³-hybridized carbons (Fsp3) is 0.421. The first-order valence-electron chi connectivity index (χ1n) is 9.00. The fourth-order valence-corrected chi connectivity index (χ4v) is 3.89. The summed E-state index contributed by atoms with van der Waals surface area (Å²) in [5.74, 6) is 1.50. The zero-order valence-corrected chi connectivity index (χ0v) is 16.8. The van der Waals surface area contributed by atoms with Gasteiger partial charge >= 0.3 is 0 Å². The lowest BCUT2D eigenvalue weighted by atomic mass is 10.1. The minimum absolute atomic E-state index is 0.0257. The number of furan rings is 1. The molecule has 27 heavy (non-hydrogen) atoms. The van der Waals surface area contributed by atoms with Crippen LogP contribution in [-0.4, -0.2) is 27.0 Å². The first-order valence-corrected chi connectivity index (χ1v) is 10.7. The molecule has 0 fully saturated rings. The van der Waals surface area contributed by atoms with E-state index in [4.69, 9.17) is 4.42 Å². The van der Waals surface area contributed by atoms with Gasteiger partial charge < -0.3 is 15.1 Å². The third-order valence-corrected chi connectivity index (χ3v) is 5.11. The maximum absolute atomic E-state index is 12.0. The van der Waals surface area contributed by atoms with E-state index in [-0.39, 0.29) is 11.8 Å². The lowest BCUT2D eigenvalue weighted by molar-refractivity contribution is 0.501. The van der Waals surface area contributed by atoms with E-state index in [2.05, 4.69) is 20.3 Å². The predicted molar refractivity (Wildman–Crippen MR) is 108 cm³/mol. The number of guanidine groups is 1. The summed E-state index contributed by atoms with van der Waals surface area (Å²) in [6, 6.07) is 11.1. The van der Waals surface area contributed by atoms with E-state index in [0.29, 0.717) is 19.0 Å². The second kappa shape index (κ2) is 10.1. The lowest BCUT2D eigenvalue weighted by Crippen LogP contribution is -2.36. The molecule has 2 rings (SSSR count). The number of benzene rings is 1. The minimum Gasteiger partial charge on any atom is -0.467 e. The molecule has 0 bridgehead atoms. The van der Waals surface area contributed by atoms with E-state index >= 15 is 0 Å². The molecule has 1 aromatic carbocycles. The van der Waals surface area contributed by atoms with Gasteiger partial charge in [-0.2, -0.15) is 0 Å². The summed E-state index contributed by atoms with van der Waals surface area (Å²) in [5.41, 5.74) is 1.75. The van der Waals surface area contributed by atoms with Gasteiger partial charge in [-0.3, -0.25) is 0 Å². The molecule has 7 nitrogen and oxygen atoms in total. The highest BCUT2D eigenvalue weighted by Crippen LogP contribution is 2.09. The van der Waals surface area contributed by atoms with Crippen LogP contribution in [0, 0.1) is 0 Å². The molecule has 0 saturated carbocycles.